The van der Waals surface area contributed by atoms with Gasteiger partial charge in [-0.25, -0.2) is 0 Å². The quantitative estimate of drug-likeness (QED) is 0.635. The van der Waals surface area contributed by atoms with Crippen LogP contribution in [0, 0.1) is 11.3 Å². The van der Waals surface area contributed by atoms with Crippen molar-refractivity contribution in [2.75, 3.05) is 0 Å². The second kappa shape index (κ2) is 4.94. The Balaban J connectivity index is 2.59. The van der Waals surface area contributed by atoms with Crippen molar-refractivity contribution in [2.45, 2.75) is 58.3 Å². The van der Waals surface area contributed by atoms with Crippen LogP contribution >= 0.6 is 0 Å². The first kappa shape index (κ1) is 16.2. The van der Waals surface area contributed by atoms with Gasteiger partial charge in [0.25, 0.3) is 0 Å². The first-order valence-corrected chi connectivity index (χ1v) is 11.2. The van der Waals surface area contributed by atoms with E-state index in [0.717, 1.165) is 18.4 Å². The van der Waals surface area contributed by atoms with Crippen molar-refractivity contribution in [1.29, 1.82) is 0 Å². The Hall–Kier alpha value is -1.16. The molecule has 0 saturated heterocycles. The molecule has 1 aliphatic carbocycles. The zero-order valence-corrected chi connectivity index (χ0v) is 15.0. The molecule has 0 aromatic rings. The summed E-state index contributed by atoms with van der Waals surface area (Å²) >= 11 is 0. The molecule has 0 unspecified atom stereocenters. The predicted octanol–water partition coefficient (Wildman–Crippen LogP) is 3.70. The lowest BCUT2D eigenvalue weighted by molar-refractivity contribution is -0.132. The topological polar surface area (TPSA) is 41.5 Å². The van der Waals surface area contributed by atoms with E-state index in [2.05, 4.69) is 43.3 Å². The van der Waals surface area contributed by atoms with Crippen molar-refractivity contribution in [2.24, 2.45) is 16.4 Å². The number of hydrazone groups is 1. The molecule has 3 nitrogen and oxygen atoms in total. The molecular formula is C17H28N2OSi. The molecule has 116 valence electrons. The number of nitrogens with zero attached hydrogens (tertiary/aromatic N) is 1. The van der Waals surface area contributed by atoms with Gasteiger partial charge in [0.2, 0.25) is 0 Å². The number of hydrogen-bond donors (Lipinski definition) is 1. The molecule has 2 rings (SSSR count). The summed E-state index contributed by atoms with van der Waals surface area (Å²) in [6.45, 7) is 19.0. The van der Waals surface area contributed by atoms with Crippen molar-refractivity contribution >= 4 is 19.2 Å². The minimum absolute atomic E-state index is 0.224. The van der Waals surface area contributed by atoms with Gasteiger partial charge in [-0.1, -0.05) is 37.9 Å². The minimum atomic E-state index is -1.63. The number of carbonyl (C=O) groups is 1. The maximum atomic E-state index is 12.9. The summed E-state index contributed by atoms with van der Waals surface area (Å²) in [7, 11) is -1.63. The van der Waals surface area contributed by atoms with Crippen molar-refractivity contribution in [3.63, 3.8) is 0 Å². The van der Waals surface area contributed by atoms with Crippen LogP contribution in [0.1, 0.15) is 33.1 Å². The van der Waals surface area contributed by atoms with Gasteiger partial charge in [-0.3, -0.25) is 10.2 Å². The van der Waals surface area contributed by atoms with Crippen LogP contribution in [0.3, 0.4) is 0 Å². The standard InChI is InChI=1S/C17H28N2OSi/c1-8-9-17-11-13(12(2)3)10-14(20)16(17,4)19-18-15(17)21(5,6)7/h8,13,19H,1-2,9-11H2,3-7H3/t13-,16-,17-/m0/s1. The molecule has 0 bridgehead atoms. The minimum Gasteiger partial charge on any atom is -0.297 e. The van der Waals surface area contributed by atoms with Crippen LogP contribution < -0.4 is 5.43 Å². The molecule has 1 fully saturated rings. The molecule has 1 saturated carbocycles. The van der Waals surface area contributed by atoms with Crippen LogP contribution in [-0.4, -0.2) is 24.7 Å². The summed E-state index contributed by atoms with van der Waals surface area (Å²) in [5, 5.41) is 5.92. The van der Waals surface area contributed by atoms with Gasteiger partial charge in [-0.05, 0) is 32.6 Å². The lowest BCUT2D eigenvalue weighted by atomic mass is 9.57. The van der Waals surface area contributed by atoms with E-state index < -0.39 is 13.6 Å². The van der Waals surface area contributed by atoms with Crippen molar-refractivity contribution in [1.82, 2.24) is 5.43 Å². The highest BCUT2D eigenvalue weighted by molar-refractivity contribution is 7.05. The van der Waals surface area contributed by atoms with E-state index in [1.54, 1.807) is 0 Å². The van der Waals surface area contributed by atoms with Crippen molar-refractivity contribution < 1.29 is 4.79 Å². The molecule has 0 spiro atoms. The Kier molecular flexibility index (Phi) is 3.81. The van der Waals surface area contributed by atoms with Crippen LogP contribution in [0.4, 0.5) is 0 Å². The van der Waals surface area contributed by atoms with Gasteiger partial charge >= 0.3 is 0 Å². The lowest BCUT2D eigenvalue weighted by Crippen LogP contribution is -2.64. The van der Waals surface area contributed by atoms with Gasteiger partial charge < -0.3 is 0 Å². The third kappa shape index (κ3) is 2.24. The first-order valence-electron chi connectivity index (χ1n) is 7.74. The molecule has 21 heavy (non-hydrogen) atoms. The number of carbonyl (C=O) groups excluding carboxylic acids is 1. The number of fused-ring (bicyclic) bond motifs is 1. The molecule has 1 aliphatic heterocycles. The van der Waals surface area contributed by atoms with E-state index in [0.29, 0.717) is 6.42 Å². The monoisotopic (exact) mass is 304 g/mol. The van der Waals surface area contributed by atoms with Gasteiger partial charge in [0.1, 0.15) is 5.54 Å². The summed E-state index contributed by atoms with van der Waals surface area (Å²) in [4.78, 5) is 12.9. The zero-order valence-electron chi connectivity index (χ0n) is 14.0. The van der Waals surface area contributed by atoms with E-state index in [-0.39, 0.29) is 17.1 Å². The second-order valence-corrected chi connectivity index (χ2v) is 12.9. The Labute approximate surface area is 129 Å². The van der Waals surface area contributed by atoms with Crippen LogP contribution in [0.5, 0.6) is 0 Å². The smallest absolute Gasteiger partial charge is 0.161 e. The highest BCUT2D eigenvalue weighted by Gasteiger charge is 2.63. The molecule has 4 heteroatoms. The van der Waals surface area contributed by atoms with Crippen LogP contribution in [0.2, 0.25) is 19.6 Å². The number of ketones is 1. The average molecular weight is 305 g/mol. The summed E-state index contributed by atoms with van der Waals surface area (Å²) < 4.78 is 0. The molecule has 1 heterocycles. The zero-order chi connectivity index (χ0) is 16.1. The fraction of sp³-hybridized carbons (Fsp3) is 0.647. The predicted molar refractivity (Wildman–Crippen MR) is 92.1 cm³/mol. The van der Waals surface area contributed by atoms with Gasteiger partial charge in [-0.2, -0.15) is 5.10 Å². The molecule has 0 aromatic carbocycles. The third-order valence-electron chi connectivity index (χ3n) is 5.29. The Morgan fingerprint density at radius 1 is 1.52 bits per heavy atom. The SMILES string of the molecule is C=CC[C@@]12C[C@@H](C(=C)C)CC(=O)[C@]1(C)NN=C2[Si](C)(C)C. The lowest BCUT2D eigenvalue weighted by Gasteiger charge is -2.50. The summed E-state index contributed by atoms with van der Waals surface area (Å²) in [5.41, 5.74) is 3.52. The third-order valence-corrected chi connectivity index (χ3v) is 7.30. The molecule has 0 aromatic heterocycles. The van der Waals surface area contributed by atoms with Crippen LogP contribution in [-0.2, 0) is 4.79 Å². The number of rotatable bonds is 4. The largest absolute Gasteiger partial charge is 0.297 e. The molecule has 3 atom stereocenters. The van der Waals surface area contributed by atoms with Crippen LogP contribution in [0.15, 0.2) is 29.9 Å². The fourth-order valence-electron chi connectivity index (χ4n) is 4.03. The Bertz CT molecular complexity index is 531. The first-order chi connectivity index (χ1) is 9.58. The highest BCUT2D eigenvalue weighted by Crippen LogP contribution is 2.53. The number of nitrogens with one attached hydrogen (secondary N) is 1. The number of Topliss-reactive ketones (excluding diaryl/α,β-unsaturated/α-hetero) is 1. The molecule has 0 amide bonds. The van der Waals surface area contributed by atoms with E-state index in [4.69, 9.17) is 0 Å². The van der Waals surface area contributed by atoms with E-state index in [9.17, 15) is 4.79 Å². The summed E-state index contributed by atoms with van der Waals surface area (Å²) in [5.74, 6) is 0.521. The Morgan fingerprint density at radius 3 is 2.62 bits per heavy atom. The van der Waals surface area contributed by atoms with Crippen molar-refractivity contribution in [3.8, 4) is 0 Å². The molecule has 0 radical (unpaired) electrons. The van der Waals surface area contributed by atoms with Gasteiger partial charge in [-0.15, -0.1) is 6.58 Å². The van der Waals surface area contributed by atoms with Gasteiger partial charge in [0.15, 0.2) is 5.78 Å². The average Bonchev–Trinajstić information content (AvgIpc) is 2.64. The van der Waals surface area contributed by atoms with Gasteiger partial charge in [0.05, 0.1) is 8.07 Å². The number of allylic oxidation sites excluding steroid dienone is 2. The van der Waals surface area contributed by atoms with E-state index in [1.165, 1.54) is 5.33 Å². The molecule has 1 N–H and O–H groups in total. The molecule has 2 aliphatic rings. The number of hydrogen-bond acceptors (Lipinski definition) is 3. The Morgan fingerprint density at radius 2 is 2.14 bits per heavy atom. The van der Waals surface area contributed by atoms with E-state index in [1.807, 2.05) is 19.9 Å². The van der Waals surface area contributed by atoms with Crippen LogP contribution in [0.25, 0.3) is 0 Å². The maximum Gasteiger partial charge on any atom is 0.161 e. The van der Waals surface area contributed by atoms with Crippen molar-refractivity contribution in [3.05, 3.63) is 24.8 Å². The van der Waals surface area contributed by atoms with Gasteiger partial charge in [0, 0.05) is 17.2 Å². The highest BCUT2D eigenvalue weighted by atomic mass is 28.3. The van der Waals surface area contributed by atoms with E-state index >= 15 is 0 Å². The summed E-state index contributed by atoms with van der Waals surface area (Å²) in [6, 6.07) is 0. The second-order valence-electron chi connectivity index (χ2n) is 7.90. The molecular weight excluding hydrogens is 276 g/mol. The maximum absolute atomic E-state index is 12.9. The fourth-order valence-corrected chi connectivity index (χ4v) is 6.31. The summed E-state index contributed by atoms with van der Waals surface area (Å²) in [6.07, 6.45) is 4.28. The normalized spacial score (nSPS) is 35.8.